The number of benzene rings is 2. The molecule has 4 aromatic rings. The Balaban J connectivity index is 1.61. The molecule has 4 rings (SSSR count). The van der Waals surface area contributed by atoms with Crippen LogP contribution in [-0.2, 0) is 0 Å². The maximum atomic E-state index is 12.6. The summed E-state index contributed by atoms with van der Waals surface area (Å²) in [6.07, 6.45) is 0. The molecule has 0 aliphatic heterocycles. The summed E-state index contributed by atoms with van der Waals surface area (Å²) >= 11 is 7.33. The summed E-state index contributed by atoms with van der Waals surface area (Å²) in [6.45, 7) is 1.96. The molecule has 0 radical (unpaired) electrons. The van der Waals surface area contributed by atoms with Crippen molar-refractivity contribution in [2.45, 2.75) is 13.0 Å². The molecule has 2 heterocycles. The van der Waals surface area contributed by atoms with Gasteiger partial charge in [-0.1, -0.05) is 41.9 Å². The molecule has 1 amide bonds. The van der Waals surface area contributed by atoms with E-state index in [2.05, 4.69) is 16.4 Å². The number of halogens is 1. The molecule has 0 bridgehead atoms. The fourth-order valence-electron chi connectivity index (χ4n) is 2.79. The largest absolute Gasteiger partial charge is 0.345 e. The third kappa shape index (κ3) is 3.23. The van der Waals surface area contributed by atoms with Crippen LogP contribution < -0.4 is 5.32 Å². The van der Waals surface area contributed by atoms with Gasteiger partial charge in [-0.25, -0.2) is 4.98 Å². The number of hydrogen-bond donors (Lipinski definition) is 1. The second-order valence-corrected chi connectivity index (χ2v) is 7.40. The fourth-order valence-corrected chi connectivity index (χ4v) is 3.84. The van der Waals surface area contributed by atoms with Gasteiger partial charge in [0.2, 0.25) is 0 Å². The van der Waals surface area contributed by atoms with Gasteiger partial charge in [0.05, 0.1) is 16.4 Å². The van der Waals surface area contributed by atoms with E-state index in [-0.39, 0.29) is 11.9 Å². The van der Waals surface area contributed by atoms with E-state index in [0.717, 1.165) is 26.7 Å². The number of amides is 1. The standard InChI is InChI=1S/C20H15ClN2OS/c1-12(13-6-8-16(21)9-7-13)22-19(24)18-11-15-10-14-4-2-3-5-17(14)23-20(15)25-18/h2-12H,1H3,(H,22,24)/t12-/m1/s1. The maximum absolute atomic E-state index is 12.6. The number of nitrogens with one attached hydrogen (secondary N) is 1. The van der Waals surface area contributed by atoms with Gasteiger partial charge in [0.1, 0.15) is 4.83 Å². The number of fused-ring (bicyclic) bond motifs is 2. The van der Waals surface area contributed by atoms with Crippen molar-refractivity contribution >= 4 is 50.0 Å². The lowest BCUT2D eigenvalue weighted by Crippen LogP contribution is -2.25. The third-order valence-corrected chi connectivity index (χ3v) is 5.45. The smallest absolute Gasteiger partial charge is 0.261 e. The summed E-state index contributed by atoms with van der Waals surface area (Å²) < 4.78 is 0. The molecule has 0 saturated heterocycles. The number of thiophene rings is 1. The first-order valence-corrected chi connectivity index (χ1v) is 9.15. The van der Waals surface area contributed by atoms with Crippen molar-refractivity contribution in [3.63, 3.8) is 0 Å². The van der Waals surface area contributed by atoms with Crippen molar-refractivity contribution < 1.29 is 4.79 Å². The molecular weight excluding hydrogens is 352 g/mol. The van der Waals surface area contributed by atoms with Gasteiger partial charge in [-0.2, -0.15) is 0 Å². The zero-order valence-electron chi connectivity index (χ0n) is 13.5. The number of aromatic nitrogens is 1. The van der Waals surface area contributed by atoms with Gasteiger partial charge in [-0.3, -0.25) is 4.79 Å². The van der Waals surface area contributed by atoms with E-state index in [1.165, 1.54) is 11.3 Å². The van der Waals surface area contributed by atoms with E-state index in [4.69, 9.17) is 11.6 Å². The second-order valence-electron chi connectivity index (χ2n) is 5.93. The molecule has 5 heteroatoms. The molecule has 1 N–H and O–H groups in total. The first-order chi connectivity index (χ1) is 12.1. The first kappa shape index (κ1) is 16.1. The molecule has 124 valence electrons. The number of pyridine rings is 1. The minimum Gasteiger partial charge on any atom is -0.345 e. The quantitative estimate of drug-likeness (QED) is 0.513. The zero-order chi connectivity index (χ0) is 17.4. The highest BCUT2D eigenvalue weighted by atomic mass is 35.5. The first-order valence-electron chi connectivity index (χ1n) is 7.96. The Morgan fingerprint density at radius 1 is 1.08 bits per heavy atom. The summed E-state index contributed by atoms with van der Waals surface area (Å²) in [5, 5.41) is 5.79. The molecule has 2 aromatic carbocycles. The van der Waals surface area contributed by atoms with Gasteiger partial charge < -0.3 is 5.32 Å². The summed E-state index contributed by atoms with van der Waals surface area (Å²) in [5.74, 6) is -0.0884. The van der Waals surface area contributed by atoms with E-state index in [0.29, 0.717) is 9.90 Å². The van der Waals surface area contributed by atoms with Gasteiger partial charge >= 0.3 is 0 Å². The molecule has 0 fully saturated rings. The van der Waals surface area contributed by atoms with Crippen LogP contribution in [0.1, 0.15) is 28.2 Å². The molecule has 25 heavy (non-hydrogen) atoms. The average molecular weight is 367 g/mol. The monoisotopic (exact) mass is 366 g/mol. The number of hydrogen-bond acceptors (Lipinski definition) is 3. The van der Waals surface area contributed by atoms with Crippen molar-refractivity contribution in [3.05, 3.63) is 76.1 Å². The molecule has 1 atom stereocenters. The Morgan fingerprint density at radius 2 is 1.84 bits per heavy atom. The molecule has 0 aliphatic carbocycles. The van der Waals surface area contributed by atoms with Crippen LogP contribution in [0.15, 0.2) is 60.7 Å². The minimum atomic E-state index is -0.0954. The van der Waals surface area contributed by atoms with Gasteiger partial charge in [0, 0.05) is 15.8 Å². The normalized spacial score (nSPS) is 12.4. The van der Waals surface area contributed by atoms with Crippen molar-refractivity contribution in [2.24, 2.45) is 0 Å². The third-order valence-electron chi connectivity index (χ3n) is 4.15. The predicted octanol–water partition coefficient (Wildman–Crippen LogP) is 5.59. The van der Waals surface area contributed by atoms with Crippen molar-refractivity contribution in [2.75, 3.05) is 0 Å². The van der Waals surface area contributed by atoms with E-state index in [1.54, 1.807) is 0 Å². The molecular formula is C20H15ClN2OS. The number of carbonyl (C=O) groups excluding carboxylic acids is 1. The molecule has 0 aliphatic rings. The van der Waals surface area contributed by atoms with Gasteiger partial charge in [-0.15, -0.1) is 11.3 Å². The molecule has 3 nitrogen and oxygen atoms in total. The van der Waals surface area contributed by atoms with E-state index in [1.807, 2.05) is 61.5 Å². The second kappa shape index (κ2) is 6.47. The number of para-hydroxylation sites is 1. The Hall–Kier alpha value is -2.43. The van der Waals surface area contributed by atoms with Gasteiger partial charge in [-0.05, 0) is 42.8 Å². The van der Waals surface area contributed by atoms with Crippen LogP contribution in [0, 0.1) is 0 Å². The van der Waals surface area contributed by atoms with Crippen molar-refractivity contribution in [1.29, 1.82) is 0 Å². The van der Waals surface area contributed by atoms with E-state index >= 15 is 0 Å². The van der Waals surface area contributed by atoms with Crippen LogP contribution in [0.25, 0.3) is 21.1 Å². The summed E-state index contributed by atoms with van der Waals surface area (Å²) in [6, 6.07) is 19.4. The highest BCUT2D eigenvalue weighted by molar-refractivity contribution is 7.20. The fraction of sp³-hybridized carbons (Fsp3) is 0.100. The Morgan fingerprint density at radius 3 is 2.64 bits per heavy atom. The average Bonchev–Trinajstić information content (AvgIpc) is 3.03. The number of carbonyl (C=O) groups is 1. The lowest BCUT2D eigenvalue weighted by Gasteiger charge is -2.13. The Bertz CT molecular complexity index is 1020. The van der Waals surface area contributed by atoms with Crippen LogP contribution in [0.5, 0.6) is 0 Å². The predicted molar refractivity (Wildman–Crippen MR) is 104 cm³/mol. The summed E-state index contributed by atoms with van der Waals surface area (Å²) in [5.41, 5.74) is 1.96. The van der Waals surface area contributed by atoms with Crippen LogP contribution >= 0.6 is 22.9 Å². The Kier molecular flexibility index (Phi) is 4.15. The van der Waals surface area contributed by atoms with Crippen LogP contribution in [0.4, 0.5) is 0 Å². The minimum absolute atomic E-state index is 0.0884. The zero-order valence-corrected chi connectivity index (χ0v) is 15.1. The lowest BCUT2D eigenvalue weighted by molar-refractivity contribution is 0.0944. The highest BCUT2D eigenvalue weighted by Crippen LogP contribution is 2.28. The van der Waals surface area contributed by atoms with Crippen molar-refractivity contribution in [3.8, 4) is 0 Å². The SMILES string of the molecule is C[C@@H](NC(=O)c1cc2cc3ccccc3nc2s1)c1ccc(Cl)cc1. The van der Waals surface area contributed by atoms with Gasteiger partial charge in [0.15, 0.2) is 0 Å². The van der Waals surface area contributed by atoms with Crippen LogP contribution in [0.3, 0.4) is 0 Å². The molecule has 2 aromatic heterocycles. The van der Waals surface area contributed by atoms with E-state index < -0.39 is 0 Å². The van der Waals surface area contributed by atoms with E-state index in [9.17, 15) is 4.79 Å². The van der Waals surface area contributed by atoms with Crippen LogP contribution in [-0.4, -0.2) is 10.9 Å². The van der Waals surface area contributed by atoms with Crippen LogP contribution in [0.2, 0.25) is 5.02 Å². The molecule has 0 saturated carbocycles. The Labute approximate surface area is 154 Å². The van der Waals surface area contributed by atoms with Crippen molar-refractivity contribution in [1.82, 2.24) is 10.3 Å². The number of rotatable bonds is 3. The molecule has 0 unspecified atom stereocenters. The topological polar surface area (TPSA) is 42.0 Å². The molecule has 0 spiro atoms. The highest BCUT2D eigenvalue weighted by Gasteiger charge is 2.15. The summed E-state index contributed by atoms with van der Waals surface area (Å²) in [7, 11) is 0. The number of nitrogens with zero attached hydrogens (tertiary/aromatic N) is 1. The maximum Gasteiger partial charge on any atom is 0.261 e. The van der Waals surface area contributed by atoms with Gasteiger partial charge in [0.25, 0.3) is 5.91 Å². The lowest BCUT2D eigenvalue weighted by atomic mass is 10.1. The summed E-state index contributed by atoms with van der Waals surface area (Å²) in [4.78, 5) is 18.8.